The van der Waals surface area contributed by atoms with Gasteiger partial charge in [0.25, 0.3) is 0 Å². The third-order valence-electron chi connectivity index (χ3n) is 3.75. The van der Waals surface area contributed by atoms with Gasteiger partial charge in [-0.05, 0) is 55.5 Å². The molecule has 4 rings (SSSR count). The predicted octanol–water partition coefficient (Wildman–Crippen LogP) is 5.50. The third-order valence-corrected chi connectivity index (χ3v) is 4.34. The Morgan fingerprint density at radius 3 is 2.59 bits per heavy atom. The van der Waals surface area contributed by atoms with Gasteiger partial charge < -0.3 is 0 Å². The number of rotatable bonds is 0. The normalized spacial score (nSPS) is 13.2. The number of halogens is 2. The molecule has 3 aromatic rings. The highest BCUT2D eigenvalue weighted by atomic mass is 35.5. The molecule has 1 aliphatic carbocycles. The largest absolute Gasteiger partial charge is 0.261 e. The van der Waals surface area contributed by atoms with Gasteiger partial charge in [0, 0.05) is 33.5 Å². The van der Waals surface area contributed by atoms with E-state index in [4.69, 9.17) is 23.2 Å². The maximum Gasteiger partial charge on any atom is 0.0716 e. The maximum absolute atomic E-state index is 6.00. The lowest BCUT2D eigenvalue weighted by Crippen LogP contribution is -2.04. The monoisotopic (exact) mass is 330 g/mol. The molecule has 2 heterocycles. The van der Waals surface area contributed by atoms with Gasteiger partial charge in [0.15, 0.2) is 0 Å². The minimum atomic E-state index is 0.733. The summed E-state index contributed by atoms with van der Waals surface area (Å²) < 4.78 is 0. The first-order chi connectivity index (χ1) is 10.7. The number of aromatic nitrogens is 2. The molecule has 1 aromatic carbocycles. The molecule has 22 heavy (non-hydrogen) atoms. The lowest BCUT2D eigenvalue weighted by atomic mass is 9.96. The van der Waals surface area contributed by atoms with Crippen molar-refractivity contribution in [2.45, 2.75) is 25.7 Å². The Hall–Kier alpha value is -1.64. The zero-order valence-electron chi connectivity index (χ0n) is 12.1. The maximum atomic E-state index is 6.00. The second kappa shape index (κ2) is 7.08. The summed E-state index contributed by atoms with van der Waals surface area (Å²) in [5, 5.41) is 2.75. The summed E-state index contributed by atoms with van der Waals surface area (Å²) in [6.45, 7) is 0. The molecule has 0 radical (unpaired) electrons. The minimum Gasteiger partial charge on any atom is -0.261 e. The van der Waals surface area contributed by atoms with Crippen LogP contribution in [0.2, 0.25) is 10.0 Å². The number of aryl methyl sites for hydroxylation is 1. The minimum absolute atomic E-state index is 0.733. The van der Waals surface area contributed by atoms with E-state index in [1.165, 1.54) is 24.1 Å². The van der Waals surface area contributed by atoms with Gasteiger partial charge in [-0.25, -0.2) is 0 Å². The highest BCUT2D eigenvalue weighted by Crippen LogP contribution is 2.25. The smallest absolute Gasteiger partial charge is 0.0716 e. The summed E-state index contributed by atoms with van der Waals surface area (Å²) in [7, 11) is 0. The molecule has 1 aliphatic rings. The molecule has 0 spiro atoms. The van der Waals surface area contributed by atoms with Crippen molar-refractivity contribution < 1.29 is 0 Å². The van der Waals surface area contributed by atoms with E-state index in [9.17, 15) is 0 Å². The second-order valence-corrected chi connectivity index (χ2v) is 6.11. The Balaban J connectivity index is 0.000000131. The quantitative estimate of drug-likeness (QED) is 0.543. The SMILES string of the molecule is Clc1ccc2cccnc2c1.Clc1ccnc2c1CCCC2. The van der Waals surface area contributed by atoms with Crippen LogP contribution in [0.5, 0.6) is 0 Å². The molecule has 2 nitrogen and oxygen atoms in total. The van der Waals surface area contributed by atoms with E-state index in [-0.39, 0.29) is 0 Å². The number of hydrogen-bond acceptors (Lipinski definition) is 2. The Morgan fingerprint density at radius 2 is 1.73 bits per heavy atom. The molecule has 0 aliphatic heterocycles. The molecular weight excluding hydrogens is 315 g/mol. The fraction of sp³-hybridized carbons (Fsp3) is 0.222. The molecule has 0 unspecified atom stereocenters. The lowest BCUT2D eigenvalue weighted by molar-refractivity contribution is 0.668. The first kappa shape index (κ1) is 15.3. The summed E-state index contributed by atoms with van der Waals surface area (Å²) in [6.07, 6.45) is 8.31. The summed E-state index contributed by atoms with van der Waals surface area (Å²) in [4.78, 5) is 8.45. The van der Waals surface area contributed by atoms with E-state index >= 15 is 0 Å². The number of nitrogens with zero attached hydrogens (tertiary/aromatic N) is 2. The Morgan fingerprint density at radius 1 is 0.864 bits per heavy atom. The van der Waals surface area contributed by atoms with Crippen molar-refractivity contribution in [3.8, 4) is 0 Å². The highest BCUT2D eigenvalue weighted by Gasteiger charge is 2.12. The summed E-state index contributed by atoms with van der Waals surface area (Å²) in [5.74, 6) is 0. The van der Waals surface area contributed by atoms with Crippen molar-refractivity contribution in [3.05, 3.63) is 70.1 Å². The molecule has 2 aromatic heterocycles. The molecule has 0 fully saturated rings. The molecule has 0 amide bonds. The predicted molar refractivity (Wildman–Crippen MR) is 92.6 cm³/mol. The highest BCUT2D eigenvalue weighted by molar-refractivity contribution is 6.31. The van der Waals surface area contributed by atoms with Gasteiger partial charge >= 0.3 is 0 Å². The first-order valence-corrected chi connectivity index (χ1v) is 8.12. The van der Waals surface area contributed by atoms with Crippen LogP contribution < -0.4 is 0 Å². The fourth-order valence-electron chi connectivity index (χ4n) is 2.62. The third kappa shape index (κ3) is 3.57. The van der Waals surface area contributed by atoms with Crippen LogP contribution in [-0.2, 0) is 12.8 Å². The summed E-state index contributed by atoms with van der Waals surface area (Å²) >= 11 is 11.8. The van der Waals surface area contributed by atoms with Crippen molar-refractivity contribution in [3.63, 3.8) is 0 Å². The number of hydrogen-bond donors (Lipinski definition) is 0. The van der Waals surface area contributed by atoms with Crippen LogP contribution in [0.1, 0.15) is 24.1 Å². The molecular formula is C18H16Cl2N2. The molecule has 4 heteroatoms. The lowest BCUT2D eigenvalue weighted by Gasteiger charge is -2.14. The van der Waals surface area contributed by atoms with E-state index in [2.05, 4.69) is 9.97 Å². The average Bonchev–Trinajstić information content (AvgIpc) is 2.56. The van der Waals surface area contributed by atoms with Crippen LogP contribution in [0.25, 0.3) is 10.9 Å². The topological polar surface area (TPSA) is 25.8 Å². The van der Waals surface area contributed by atoms with Gasteiger partial charge in [-0.15, -0.1) is 0 Å². The van der Waals surface area contributed by atoms with Crippen LogP contribution in [0.3, 0.4) is 0 Å². The summed E-state index contributed by atoms with van der Waals surface area (Å²) in [5.41, 5.74) is 3.43. The van der Waals surface area contributed by atoms with E-state index in [1.54, 1.807) is 12.4 Å². The van der Waals surface area contributed by atoms with Crippen molar-refractivity contribution in [2.24, 2.45) is 0 Å². The molecule has 0 saturated carbocycles. The van der Waals surface area contributed by atoms with Crippen molar-refractivity contribution in [2.75, 3.05) is 0 Å². The Labute approximate surface area is 140 Å². The van der Waals surface area contributed by atoms with Gasteiger partial charge in [-0.2, -0.15) is 0 Å². The standard InChI is InChI=1S/C9H6ClN.C9H10ClN/c10-8-4-3-7-2-1-5-11-9(7)6-8;10-8-5-6-11-9-4-2-1-3-7(8)9/h1-6H;5-6H,1-4H2. The van der Waals surface area contributed by atoms with Crippen molar-refractivity contribution >= 4 is 34.1 Å². The van der Waals surface area contributed by atoms with Gasteiger partial charge in [0.2, 0.25) is 0 Å². The van der Waals surface area contributed by atoms with Crippen LogP contribution in [-0.4, -0.2) is 9.97 Å². The number of pyridine rings is 2. The molecule has 0 atom stereocenters. The van der Waals surface area contributed by atoms with E-state index in [0.717, 1.165) is 33.8 Å². The molecule has 0 saturated heterocycles. The van der Waals surface area contributed by atoms with E-state index in [0.29, 0.717) is 0 Å². The van der Waals surface area contributed by atoms with E-state index < -0.39 is 0 Å². The van der Waals surface area contributed by atoms with Gasteiger partial charge in [0.1, 0.15) is 0 Å². The van der Waals surface area contributed by atoms with E-state index in [1.807, 2.05) is 36.4 Å². The van der Waals surface area contributed by atoms with Gasteiger partial charge in [-0.3, -0.25) is 9.97 Å². The van der Waals surface area contributed by atoms with Gasteiger partial charge in [-0.1, -0.05) is 35.3 Å². The molecule has 112 valence electrons. The molecule has 0 N–H and O–H groups in total. The Kier molecular flexibility index (Phi) is 4.91. The second-order valence-electron chi connectivity index (χ2n) is 5.27. The van der Waals surface area contributed by atoms with Crippen LogP contribution in [0.4, 0.5) is 0 Å². The van der Waals surface area contributed by atoms with Crippen LogP contribution in [0.15, 0.2) is 48.8 Å². The number of fused-ring (bicyclic) bond motifs is 2. The van der Waals surface area contributed by atoms with Crippen LogP contribution >= 0.6 is 23.2 Å². The van der Waals surface area contributed by atoms with Crippen LogP contribution in [0, 0.1) is 0 Å². The first-order valence-electron chi connectivity index (χ1n) is 7.36. The number of benzene rings is 1. The van der Waals surface area contributed by atoms with Crippen molar-refractivity contribution in [1.29, 1.82) is 0 Å². The van der Waals surface area contributed by atoms with Crippen molar-refractivity contribution in [1.82, 2.24) is 9.97 Å². The summed E-state index contributed by atoms with van der Waals surface area (Å²) in [6, 6.07) is 11.5. The molecule has 0 bridgehead atoms. The van der Waals surface area contributed by atoms with Gasteiger partial charge in [0.05, 0.1) is 5.52 Å². The fourth-order valence-corrected chi connectivity index (χ4v) is 3.05. The Bertz CT molecular complexity index is 787. The zero-order chi connectivity index (χ0) is 15.4. The zero-order valence-corrected chi connectivity index (χ0v) is 13.6. The average molecular weight is 331 g/mol.